The summed E-state index contributed by atoms with van der Waals surface area (Å²) in [5.41, 5.74) is 0.405. The summed E-state index contributed by atoms with van der Waals surface area (Å²) in [5.74, 6) is -0.521. The van der Waals surface area contributed by atoms with Crippen LogP contribution >= 0.6 is 0 Å². The van der Waals surface area contributed by atoms with Gasteiger partial charge in [-0.1, -0.05) is 13.3 Å². The number of alkyl halides is 3. The Kier molecular flexibility index (Phi) is 7.17. The number of benzene rings is 1. The second-order valence-corrected chi connectivity index (χ2v) is 6.63. The molecule has 1 amide bonds. The van der Waals surface area contributed by atoms with E-state index in [1.54, 1.807) is 18.2 Å². The van der Waals surface area contributed by atoms with Gasteiger partial charge in [-0.25, -0.2) is 0 Å². The van der Waals surface area contributed by atoms with Crippen molar-refractivity contribution in [3.05, 3.63) is 23.8 Å². The fourth-order valence-corrected chi connectivity index (χ4v) is 3.09. The molecule has 146 valence electrons. The maximum Gasteiger partial charge on any atom is 0.391 e. The number of unbranched alkanes of at least 4 members (excludes halogenated alkanes) is 1. The number of nitrogens with one attached hydrogen (secondary N) is 1. The summed E-state index contributed by atoms with van der Waals surface area (Å²) in [4.78, 5) is 12.4. The average molecular weight is 373 g/mol. The highest BCUT2D eigenvalue weighted by Gasteiger charge is 2.41. The third-order valence-corrected chi connectivity index (χ3v) is 4.71. The van der Waals surface area contributed by atoms with E-state index in [1.165, 1.54) is 7.11 Å². The number of carbonyl (C=O) groups excluding carboxylic acids is 1. The van der Waals surface area contributed by atoms with Gasteiger partial charge in [-0.15, -0.1) is 0 Å². The predicted octanol–water partition coefficient (Wildman–Crippen LogP) is 4.73. The Labute approximate surface area is 152 Å². The highest BCUT2D eigenvalue weighted by Crippen LogP contribution is 2.37. The summed E-state index contributed by atoms with van der Waals surface area (Å²) in [6, 6.07) is 4.69. The molecule has 2 rings (SSSR count). The number of halogens is 3. The molecule has 1 aromatic carbocycles. The van der Waals surface area contributed by atoms with E-state index in [-0.39, 0.29) is 24.8 Å². The highest BCUT2D eigenvalue weighted by atomic mass is 19.4. The van der Waals surface area contributed by atoms with Crippen LogP contribution < -0.4 is 14.8 Å². The van der Waals surface area contributed by atoms with Gasteiger partial charge in [-0.3, -0.25) is 4.79 Å². The summed E-state index contributed by atoms with van der Waals surface area (Å²) >= 11 is 0. The van der Waals surface area contributed by atoms with Crippen LogP contribution in [0.2, 0.25) is 0 Å². The summed E-state index contributed by atoms with van der Waals surface area (Å²) in [6.07, 6.45) is -1.41. The molecular formula is C19H26F3NO3. The van der Waals surface area contributed by atoms with Crippen molar-refractivity contribution in [2.75, 3.05) is 13.7 Å². The molecule has 4 nitrogen and oxygen atoms in total. The first-order valence-electron chi connectivity index (χ1n) is 9.03. The van der Waals surface area contributed by atoms with E-state index in [4.69, 9.17) is 9.47 Å². The van der Waals surface area contributed by atoms with Crippen molar-refractivity contribution in [2.24, 2.45) is 5.92 Å². The molecule has 1 N–H and O–H groups in total. The molecule has 1 aromatic rings. The predicted molar refractivity (Wildman–Crippen MR) is 92.7 cm³/mol. The number of hydrogen-bond acceptors (Lipinski definition) is 3. The minimum absolute atomic E-state index is 0.0575. The molecule has 0 atom stereocenters. The summed E-state index contributed by atoms with van der Waals surface area (Å²) < 4.78 is 49.1. The van der Waals surface area contributed by atoms with Crippen molar-refractivity contribution >= 4 is 5.91 Å². The van der Waals surface area contributed by atoms with E-state index in [1.807, 2.05) is 0 Å². The molecule has 0 aromatic heterocycles. The van der Waals surface area contributed by atoms with Gasteiger partial charge in [0.25, 0.3) is 5.91 Å². The lowest BCUT2D eigenvalue weighted by Crippen LogP contribution is -2.40. The van der Waals surface area contributed by atoms with Crippen molar-refractivity contribution in [1.82, 2.24) is 5.32 Å². The van der Waals surface area contributed by atoms with E-state index < -0.39 is 12.1 Å². The fourth-order valence-electron chi connectivity index (χ4n) is 3.09. The van der Waals surface area contributed by atoms with E-state index in [0.717, 1.165) is 12.8 Å². The molecule has 0 unspecified atom stereocenters. The molecule has 0 aliphatic heterocycles. The molecular weight excluding hydrogens is 347 g/mol. The standard InChI is InChI=1S/C19H26F3NO3/c1-3-4-11-26-16-10-5-13(12-17(16)25-2)18(24)23-15-8-6-14(7-9-15)19(20,21)22/h5,10,12,14-15H,3-4,6-9,11H2,1-2H3,(H,23,24). The van der Waals surface area contributed by atoms with Crippen molar-refractivity contribution in [3.63, 3.8) is 0 Å². The number of amides is 1. The van der Waals surface area contributed by atoms with Crippen LogP contribution in [0, 0.1) is 5.92 Å². The van der Waals surface area contributed by atoms with Gasteiger partial charge in [0.15, 0.2) is 11.5 Å². The van der Waals surface area contributed by atoms with Gasteiger partial charge < -0.3 is 14.8 Å². The van der Waals surface area contributed by atoms with Crippen molar-refractivity contribution < 1.29 is 27.4 Å². The lowest BCUT2D eigenvalue weighted by Gasteiger charge is -2.30. The molecule has 1 saturated carbocycles. The van der Waals surface area contributed by atoms with Crippen LogP contribution in [0.25, 0.3) is 0 Å². The Hall–Kier alpha value is -1.92. The van der Waals surface area contributed by atoms with Gasteiger partial charge >= 0.3 is 6.18 Å². The maximum atomic E-state index is 12.7. The monoisotopic (exact) mass is 373 g/mol. The second kappa shape index (κ2) is 9.14. The topological polar surface area (TPSA) is 47.6 Å². The number of rotatable bonds is 7. The highest BCUT2D eigenvalue weighted by molar-refractivity contribution is 5.95. The van der Waals surface area contributed by atoms with Crippen LogP contribution in [0.15, 0.2) is 18.2 Å². The quantitative estimate of drug-likeness (QED) is 0.703. The van der Waals surface area contributed by atoms with Gasteiger partial charge in [0.1, 0.15) is 0 Å². The SMILES string of the molecule is CCCCOc1ccc(C(=O)NC2CCC(C(F)(F)F)CC2)cc1OC. The minimum Gasteiger partial charge on any atom is -0.493 e. The summed E-state index contributed by atoms with van der Waals surface area (Å²) in [5, 5.41) is 2.83. The van der Waals surface area contributed by atoms with Crippen LogP contribution in [0.3, 0.4) is 0 Å². The molecule has 1 fully saturated rings. The first-order valence-corrected chi connectivity index (χ1v) is 9.03. The van der Waals surface area contributed by atoms with Crippen LogP contribution in [-0.2, 0) is 0 Å². The zero-order valence-electron chi connectivity index (χ0n) is 15.2. The maximum absolute atomic E-state index is 12.7. The number of methoxy groups -OCH3 is 1. The van der Waals surface area contributed by atoms with Gasteiger partial charge in [0.2, 0.25) is 0 Å². The smallest absolute Gasteiger partial charge is 0.391 e. The van der Waals surface area contributed by atoms with Gasteiger partial charge in [0.05, 0.1) is 19.6 Å². The number of ether oxygens (including phenoxy) is 2. The summed E-state index contributed by atoms with van der Waals surface area (Å²) in [6.45, 7) is 2.64. The van der Waals surface area contributed by atoms with Crippen molar-refractivity contribution in [2.45, 2.75) is 57.7 Å². The Morgan fingerprint density at radius 3 is 2.46 bits per heavy atom. The van der Waals surface area contributed by atoms with Crippen LogP contribution in [0.5, 0.6) is 11.5 Å². The van der Waals surface area contributed by atoms with E-state index in [0.29, 0.717) is 36.5 Å². The Morgan fingerprint density at radius 2 is 1.88 bits per heavy atom. The van der Waals surface area contributed by atoms with Crippen molar-refractivity contribution in [3.8, 4) is 11.5 Å². The van der Waals surface area contributed by atoms with Crippen LogP contribution in [-0.4, -0.2) is 31.8 Å². The minimum atomic E-state index is -4.14. The molecule has 26 heavy (non-hydrogen) atoms. The Balaban J connectivity index is 1.93. The van der Waals surface area contributed by atoms with Gasteiger partial charge in [0, 0.05) is 11.6 Å². The first kappa shape index (κ1) is 20.4. The Morgan fingerprint density at radius 1 is 1.19 bits per heavy atom. The average Bonchev–Trinajstić information content (AvgIpc) is 2.61. The zero-order chi connectivity index (χ0) is 19.2. The molecule has 0 heterocycles. The molecule has 0 radical (unpaired) electrons. The first-order chi connectivity index (χ1) is 12.3. The van der Waals surface area contributed by atoms with Crippen LogP contribution in [0.1, 0.15) is 55.8 Å². The van der Waals surface area contributed by atoms with Crippen LogP contribution in [0.4, 0.5) is 13.2 Å². The fraction of sp³-hybridized carbons (Fsp3) is 0.632. The molecule has 7 heteroatoms. The van der Waals surface area contributed by atoms with E-state index >= 15 is 0 Å². The second-order valence-electron chi connectivity index (χ2n) is 6.63. The molecule has 0 saturated heterocycles. The molecule has 1 aliphatic rings. The number of carbonyl (C=O) groups is 1. The number of hydrogen-bond donors (Lipinski definition) is 1. The van der Waals surface area contributed by atoms with E-state index in [2.05, 4.69) is 12.2 Å². The summed E-state index contributed by atoms with van der Waals surface area (Å²) in [7, 11) is 1.50. The zero-order valence-corrected chi connectivity index (χ0v) is 15.2. The third-order valence-electron chi connectivity index (χ3n) is 4.71. The third kappa shape index (κ3) is 5.54. The van der Waals surface area contributed by atoms with Crippen molar-refractivity contribution in [1.29, 1.82) is 0 Å². The normalized spacial score (nSPS) is 20.5. The lowest BCUT2D eigenvalue weighted by molar-refractivity contribution is -0.182. The molecule has 0 spiro atoms. The van der Waals surface area contributed by atoms with E-state index in [9.17, 15) is 18.0 Å². The van der Waals surface area contributed by atoms with Gasteiger partial charge in [-0.2, -0.15) is 13.2 Å². The van der Waals surface area contributed by atoms with Gasteiger partial charge in [-0.05, 0) is 50.3 Å². The Bertz CT molecular complexity index is 596. The molecule has 0 bridgehead atoms. The largest absolute Gasteiger partial charge is 0.493 e. The molecule has 1 aliphatic carbocycles. The lowest BCUT2D eigenvalue weighted by atomic mass is 9.85.